The Labute approximate surface area is 599 Å². The van der Waals surface area contributed by atoms with Gasteiger partial charge >= 0.3 is 7.12 Å². The first-order valence-electron chi connectivity index (χ1n) is 34.6. The summed E-state index contributed by atoms with van der Waals surface area (Å²) in [5, 5.41) is 37.8. The van der Waals surface area contributed by atoms with Crippen molar-refractivity contribution in [3.8, 4) is 67.0 Å². The third-order valence-electron chi connectivity index (χ3n) is 20.3. The molecule has 0 saturated carbocycles. The second-order valence-corrected chi connectivity index (χ2v) is 27.0. The number of benzene rings is 18. The molecule has 6 heteroatoms. The minimum atomic E-state index is -1.40. The second-order valence-electron chi connectivity index (χ2n) is 26.1. The first-order valence-corrected chi connectivity index (χ1v) is 35.4. The number of halogens is 1. The maximum absolute atomic E-state index is 9.08. The van der Waals surface area contributed by atoms with Gasteiger partial charge < -0.3 is 19.2 Å². The van der Waals surface area contributed by atoms with Gasteiger partial charge in [-0.1, -0.05) is 325 Å². The van der Waals surface area contributed by atoms with Crippen molar-refractivity contribution >= 4 is 137 Å². The average Bonchev–Trinajstić information content (AvgIpc) is 1.16. The Hall–Kier alpha value is -12.4. The van der Waals surface area contributed by atoms with Crippen LogP contribution in [-0.4, -0.2) is 26.3 Å². The number of rotatable bonds is 8. The Balaban J connectivity index is 0.000000126. The van der Waals surface area contributed by atoms with Gasteiger partial charge in [-0.2, -0.15) is 0 Å². The van der Waals surface area contributed by atoms with Crippen molar-refractivity contribution in [2.45, 2.75) is 0 Å². The van der Waals surface area contributed by atoms with E-state index in [-0.39, 0.29) is 0 Å². The number of nitrogens with zero attached hydrogens (tertiary/aromatic N) is 2. The fourth-order valence-corrected chi connectivity index (χ4v) is 16.2. The molecule has 0 fully saturated rings. The van der Waals surface area contributed by atoms with E-state index in [1.165, 1.54) is 153 Å². The summed E-state index contributed by atoms with van der Waals surface area (Å²) in [6, 6.07) is 134. The highest BCUT2D eigenvalue weighted by atomic mass is 79.9. The lowest BCUT2D eigenvalue weighted by Crippen LogP contribution is -2.30. The van der Waals surface area contributed by atoms with Gasteiger partial charge in [-0.25, -0.2) is 0 Å². The Morgan fingerprint density at radius 3 is 0.951 bits per heavy atom. The zero-order valence-corrected chi connectivity index (χ0v) is 57.1. The first-order chi connectivity index (χ1) is 50.4. The van der Waals surface area contributed by atoms with E-state index < -0.39 is 7.12 Å². The molecule has 0 atom stereocenters. The predicted molar refractivity (Wildman–Crippen MR) is 438 cm³/mol. The number of para-hydroxylation sites is 2. The molecule has 20 rings (SSSR count). The van der Waals surface area contributed by atoms with Gasteiger partial charge in [-0.3, -0.25) is 0 Å². The predicted octanol–water partition coefficient (Wildman–Crippen LogP) is 25.0. The number of hydrogen-bond donors (Lipinski definition) is 2. The van der Waals surface area contributed by atoms with Crippen LogP contribution in [0.25, 0.3) is 175 Å². The Kier molecular flexibility index (Phi) is 16.0. The van der Waals surface area contributed by atoms with Crippen LogP contribution in [0.15, 0.2) is 381 Å². The van der Waals surface area contributed by atoms with E-state index >= 15 is 0 Å². The fourth-order valence-electron chi connectivity index (χ4n) is 15.9. The third kappa shape index (κ3) is 10.9. The molecule has 0 aliphatic rings. The molecule has 2 N–H and O–H groups in total. The monoisotopic (exact) mass is 1370 g/mol. The highest BCUT2D eigenvalue weighted by molar-refractivity contribution is 9.10. The van der Waals surface area contributed by atoms with Crippen molar-refractivity contribution in [3.63, 3.8) is 0 Å². The van der Waals surface area contributed by atoms with Crippen LogP contribution in [0, 0.1) is 0 Å². The van der Waals surface area contributed by atoms with Gasteiger partial charge in [-0.15, -0.1) is 0 Å². The molecular formula is C96H64BBrN2O2. The van der Waals surface area contributed by atoms with Gasteiger partial charge in [0.25, 0.3) is 0 Å². The van der Waals surface area contributed by atoms with Crippen LogP contribution in [0.1, 0.15) is 0 Å². The lowest BCUT2D eigenvalue weighted by atomic mass is 9.77. The maximum Gasteiger partial charge on any atom is 0.489 e. The maximum atomic E-state index is 9.08. The molecule has 4 nitrogen and oxygen atoms in total. The van der Waals surface area contributed by atoms with Crippen LogP contribution in [0.4, 0.5) is 0 Å². The molecule has 0 radical (unpaired) electrons. The summed E-state index contributed by atoms with van der Waals surface area (Å²) in [6.45, 7) is 0. The Morgan fingerprint density at radius 2 is 0.520 bits per heavy atom. The zero-order valence-electron chi connectivity index (χ0n) is 55.5. The van der Waals surface area contributed by atoms with Crippen molar-refractivity contribution in [2.75, 3.05) is 0 Å². The highest BCUT2D eigenvalue weighted by Crippen LogP contribution is 2.47. The van der Waals surface area contributed by atoms with Gasteiger partial charge in [0, 0.05) is 37.4 Å². The van der Waals surface area contributed by atoms with Crippen molar-refractivity contribution in [1.29, 1.82) is 0 Å². The largest absolute Gasteiger partial charge is 0.489 e. The first kappa shape index (κ1) is 61.9. The van der Waals surface area contributed by atoms with Crippen LogP contribution in [0.2, 0.25) is 0 Å². The average molecular weight is 1370 g/mol. The molecule has 0 spiro atoms. The van der Waals surface area contributed by atoms with Crippen LogP contribution in [0.3, 0.4) is 0 Å². The van der Waals surface area contributed by atoms with E-state index in [1.807, 2.05) is 36.4 Å². The molecule has 480 valence electrons. The number of aromatic nitrogens is 2. The number of hydrogen-bond acceptors (Lipinski definition) is 2. The van der Waals surface area contributed by atoms with Gasteiger partial charge in [-0.05, 0) is 192 Å². The van der Waals surface area contributed by atoms with Gasteiger partial charge in [0.1, 0.15) is 0 Å². The van der Waals surface area contributed by atoms with Crippen molar-refractivity contribution in [3.05, 3.63) is 381 Å². The van der Waals surface area contributed by atoms with Crippen molar-refractivity contribution < 1.29 is 10.0 Å². The SMILES string of the molecule is Brc1ccc2c(c1)c1ccccc1n2-c1ccc(-c2c3ccccc3c(-c3ccccc3)c3ccccc23)cc1.OB(O)c1cccc2ccccc12.c1ccc(-c2c3ccccc3c(-c3ccc(-n4c5ccccc5c5cc(-c6cccc7ccccc67)ccc54)cc3)c3ccccc23)cc1. The van der Waals surface area contributed by atoms with Crippen molar-refractivity contribution in [2.24, 2.45) is 0 Å². The Morgan fingerprint density at radius 1 is 0.216 bits per heavy atom. The molecule has 0 aliphatic heterocycles. The molecule has 102 heavy (non-hydrogen) atoms. The molecule has 20 aromatic rings. The van der Waals surface area contributed by atoms with Crippen molar-refractivity contribution in [1.82, 2.24) is 9.13 Å². The van der Waals surface area contributed by atoms with Gasteiger partial charge in [0.05, 0.1) is 22.1 Å². The molecule has 2 aromatic heterocycles. The van der Waals surface area contributed by atoms with Crippen LogP contribution >= 0.6 is 15.9 Å². The summed E-state index contributed by atoms with van der Waals surface area (Å²) in [5.41, 5.74) is 20.3. The molecule has 0 aliphatic carbocycles. The standard InChI is InChI=1S/C48H31N.C38H24BrN.C10H9BO2/c1-2-14-33(15-3-1)47-40-19-6-8-21-42(40)48(43-22-9-7-20-41(43)47)34-25-28-36(29-26-34)49-45-24-11-10-18-39(45)44-31-35(27-30-46(44)49)38-23-12-16-32-13-4-5-17-37(32)38;39-27-20-23-36-34(24-27)29-12-8-9-17-35(29)40(36)28-21-18-26(19-22-28)38-32-15-6-4-13-30(32)37(25-10-2-1-3-11-25)31-14-5-7-16-33(31)38;12-11(13)10-7-3-5-8-4-1-2-6-9(8)10/h1-31H;1-24H;1-7,12-13H. The minimum absolute atomic E-state index is 0.554. The molecule has 0 saturated heterocycles. The summed E-state index contributed by atoms with van der Waals surface area (Å²) < 4.78 is 5.88. The molecule has 0 amide bonds. The normalized spacial score (nSPS) is 11.5. The van der Waals surface area contributed by atoms with E-state index in [1.54, 1.807) is 6.07 Å². The van der Waals surface area contributed by atoms with E-state index in [9.17, 15) is 0 Å². The summed E-state index contributed by atoms with van der Waals surface area (Å²) in [7, 11) is -1.40. The topological polar surface area (TPSA) is 50.3 Å². The van der Waals surface area contributed by atoms with Gasteiger partial charge in [0.15, 0.2) is 0 Å². The fraction of sp³-hybridized carbons (Fsp3) is 0. The van der Waals surface area contributed by atoms with E-state index in [2.05, 4.69) is 359 Å². The van der Waals surface area contributed by atoms with E-state index in [4.69, 9.17) is 10.0 Å². The molecule has 0 bridgehead atoms. The number of fused-ring (bicyclic) bond motifs is 12. The molecule has 2 heterocycles. The Bertz CT molecular complexity index is 6480. The summed E-state index contributed by atoms with van der Waals surface area (Å²) in [4.78, 5) is 0. The smallest absolute Gasteiger partial charge is 0.423 e. The highest BCUT2D eigenvalue weighted by Gasteiger charge is 2.22. The minimum Gasteiger partial charge on any atom is -0.423 e. The lowest BCUT2D eigenvalue weighted by Gasteiger charge is -2.18. The second kappa shape index (κ2) is 26.4. The quantitative estimate of drug-likeness (QED) is 0.118. The van der Waals surface area contributed by atoms with Crippen LogP contribution in [-0.2, 0) is 0 Å². The zero-order chi connectivity index (χ0) is 68.2. The lowest BCUT2D eigenvalue weighted by molar-refractivity contribution is 0.426. The summed E-state index contributed by atoms with van der Waals surface area (Å²) >= 11 is 3.67. The van der Waals surface area contributed by atoms with E-state index in [0.717, 1.165) is 26.6 Å². The molecule has 18 aromatic carbocycles. The van der Waals surface area contributed by atoms with E-state index in [0.29, 0.717) is 5.46 Å². The summed E-state index contributed by atoms with van der Waals surface area (Å²) in [6.07, 6.45) is 0. The molecule has 0 unspecified atom stereocenters. The van der Waals surface area contributed by atoms with Crippen LogP contribution in [0.5, 0.6) is 0 Å². The van der Waals surface area contributed by atoms with Gasteiger partial charge in [0.2, 0.25) is 0 Å². The molecular weight excluding hydrogens is 1300 g/mol. The third-order valence-corrected chi connectivity index (χ3v) is 20.8. The summed E-state index contributed by atoms with van der Waals surface area (Å²) in [5.74, 6) is 0. The van der Waals surface area contributed by atoms with Crippen LogP contribution < -0.4 is 5.46 Å².